The summed E-state index contributed by atoms with van der Waals surface area (Å²) in [6, 6.07) is 0. The molecular weight excluding hydrogens is 118 g/mol. The molecule has 0 aliphatic carbocycles. The average Bonchev–Trinajstić information content (AvgIpc) is 1.35. The Labute approximate surface area is 42.4 Å². The third-order valence-corrected chi connectivity index (χ3v) is 1.97. The molecule has 0 rings (SSSR count). The Bertz CT molecular complexity index is 123. The van der Waals surface area contributed by atoms with Gasteiger partial charge in [-0.1, -0.05) is 6.92 Å². The molecule has 0 spiro atoms. The van der Waals surface area contributed by atoms with Crippen LogP contribution in [-0.4, -0.2) is 9.96 Å². The third kappa shape index (κ3) is 4.08. The summed E-state index contributed by atoms with van der Waals surface area (Å²) in [6.45, 7) is 1.83. The zero-order valence-corrected chi connectivity index (χ0v) is 5.01. The van der Waals surface area contributed by atoms with E-state index in [4.69, 9.17) is 4.61 Å². The maximum Gasteiger partial charge on any atom is 0.223 e. The molecule has 0 radical (unpaired) electrons. The van der Waals surface area contributed by atoms with Gasteiger partial charge in [-0.05, 0) is 10.8 Å². The van der Waals surface area contributed by atoms with Gasteiger partial charge in [0.25, 0.3) is 0 Å². The van der Waals surface area contributed by atoms with Crippen LogP contribution in [-0.2, 0) is 9.46 Å². The Hall–Kier alpha value is 0.0800. The van der Waals surface area contributed by atoms with Crippen LogP contribution in [0, 0.1) is 4.61 Å². The molecule has 0 atom stereocenters. The van der Waals surface area contributed by atoms with Crippen molar-refractivity contribution in [3.8, 4) is 0 Å². The van der Waals surface area contributed by atoms with Crippen LogP contribution in [0.25, 0.3) is 0 Å². The second-order valence-corrected chi connectivity index (χ2v) is 3.43. The summed E-state index contributed by atoms with van der Waals surface area (Å²) in [4.78, 5) is 0. The molecule has 0 N–H and O–H groups in total. The van der Waals surface area contributed by atoms with Crippen LogP contribution in [0.4, 0.5) is 0 Å². The van der Waals surface area contributed by atoms with Gasteiger partial charge in [0.2, 0.25) is 9.46 Å². The van der Waals surface area contributed by atoms with Crippen molar-refractivity contribution in [2.24, 2.45) is 0 Å². The molecule has 0 bridgehead atoms. The largest absolute Gasteiger partial charge is 0.223 e. The van der Waals surface area contributed by atoms with Gasteiger partial charge in [0.1, 0.15) is 0 Å². The highest BCUT2D eigenvalue weighted by Gasteiger charge is 1.75. The Balaban J connectivity index is 3.16. The smallest absolute Gasteiger partial charge is 0.183 e. The summed E-state index contributed by atoms with van der Waals surface area (Å²) in [5, 5.41) is 0. The van der Waals surface area contributed by atoms with Crippen molar-refractivity contribution < 1.29 is 4.21 Å². The molecule has 4 heteroatoms. The monoisotopic (exact) mass is 123 g/mol. The first-order valence-corrected chi connectivity index (χ1v) is 4.12. The van der Waals surface area contributed by atoms with Crippen LogP contribution in [0.1, 0.15) is 6.92 Å². The first kappa shape index (κ1) is 6.08. The number of hydrogen-bond donors (Lipinski definition) is 0. The lowest BCUT2D eigenvalue weighted by Gasteiger charge is -1.68. The van der Waals surface area contributed by atoms with Crippen molar-refractivity contribution in [3.63, 3.8) is 0 Å². The van der Waals surface area contributed by atoms with E-state index in [-0.39, 0.29) is 0 Å². The highest BCUT2D eigenvalue weighted by atomic mass is 33.1. The third-order valence-electron chi connectivity index (χ3n) is 0.219. The predicted octanol–water partition coefficient (Wildman–Crippen LogP) is 0.883. The Morgan fingerprint density at radius 1 is 2.00 bits per heavy atom. The Kier molecular flexibility index (Phi) is 3.32. The van der Waals surface area contributed by atoms with Gasteiger partial charge in [-0.25, -0.2) is 0 Å². The lowest BCUT2D eigenvalue weighted by Crippen LogP contribution is -1.59. The molecular formula is C2H5NOS2. The molecule has 0 saturated heterocycles. The van der Waals surface area contributed by atoms with E-state index >= 15 is 0 Å². The molecule has 0 fully saturated rings. The second kappa shape index (κ2) is 3.28. The summed E-state index contributed by atoms with van der Waals surface area (Å²) in [6.07, 6.45) is 0. The summed E-state index contributed by atoms with van der Waals surface area (Å²) >= 11 is 0. The minimum atomic E-state index is -1.65. The minimum Gasteiger partial charge on any atom is -0.183 e. The van der Waals surface area contributed by atoms with E-state index in [1.807, 2.05) is 6.92 Å². The molecule has 36 valence electrons. The van der Waals surface area contributed by atoms with Gasteiger partial charge in [-0.15, -0.1) is 4.61 Å². The van der Waals surface area contributed by atoms with Crippen molar-refractivity contribution in [2.45, 2.75) is 6.92 Å². The summed E-state index contributed by atoms with van der Waals surface area (Å²) in [5.41, 5.74) is 0. The first-order chi connectivity index (χ1) is 2.77. The normalized spacial score (nSPS) is 8.00. The van der Waals surface area contributed by atoms with Crippen LogP contribution >= 0.6 is 10.8 Å². The summed E-state index contributed by atoms with van der Waals surface area (Å²) in [5.74, 6) is 0.698. The van der Waals surface area contributed by atoms with Crippen molar-refractivity contribution in [3.05, 3.63) is 0 Å². The molecule has 0 aromatic heterocycles. The molecule has 0 heterocycles. The first-order valence-electron chi connectivity index (χ1n) is 1.51. The van der Waals surface area contributed by atoms with E-state index in [0.29, 0.717) is 5.75 Å². The molecule has 0 amide bonds. The summed E-state index contributed by atoms with van der Waals surface area (Å²) < 4.78 is 17.7. The lowest BCUT2D eigenvalue weighted by atomic mass is 11.0. The topological polar surface area (TPSA) is 40.9 Å². The zero-order valence-electron chi connectivity index (χ0n) is 3.38. The van der Waals surface area contributed by atoms with Gasteiger partial charge in [0, 0.05) is 5.75 Å². The van der Waals surface area contributed by atoms with Crippen LogP contribution in [0.5, 0.6) is 0 Å². The van der Waals surface area contributed by atoms with E-state index in [1.54, 1.807) is 0 Å². The lowest BCUT2D eigenvalue weighted by molar-refractivity contribution is 0.697. The highest BCUT2D eigenvalue weighted by Crippen LogP contribution is 1.93. The van der Waals surface area contributed by atoms with Crippen LogP contribution in [0.3, 0.4) is 0 Å². The number of rotatable bonds is 1. The summed E-state index contributed by atoms with van der Waals surface area (Å²) in [7, 11) is -0.635. The van der Waals surface area contributed by atoms with Gasteiger partial charge in [-0.2, -0.15) is 4.21 Å². The van der Waals surface area contributed by atoms with Crippen molar-refractivity contribution in [1.82, 2.24) is 0 Å². The highest BCUT2D eigenvalue weighted by molar-refractivity contribution is 8.63. The Morgan fingerprint density at radius 3 is 2.50 bits per heavy atom. The standard InChI is InChI=1S/C2H5NOS2/c1-2-5-6(3)4/h2H2,1H3. The van der Waals surface area contributed by atoms with Crippen molar-refractivity contribution in [1.29, 1.82) is 4.61 Å². The minimum absolute atomic E-state index is 0.698. The van der Waals surface area contributed by atoms with E-state index < -0.39 is 9.46 Å². The predicted molar refractivity (Wildman–Crippen MR) is 28.0 cm³/mol. The maximum absolute atomic E-state index is 9.67. The van der Waals surface area contributed by atoms with Crippen LogP contribution in [0.2, 0.25) is 0 Å². The zero-order chi connectivity index (χ0) is 4.99. The van der Waals surface area contributed by atoms with Crippen LogP contribution < -0.4 is 0 Å². The van der Waals surface area contributed by atoms with Gasteiger partial charge in [-0.3, -0.25) is 0 Å². The van der Waals surface area contributed by atoms with E-state index in [2.05, 4.69) is 0 Å². The van der Waals surface area contributed by atoms with Crippen molar-refractivity contribution >= 4 is 20.3 Å². The van der Waals surface area contributed by atoms with Gasteiger partial charge >= 0.3 is 0 Å². The molecule has 0 aliphatic heterocycles. The van der Waals surface area contributed by atoms with Gasteiger partial charge in [0.15, 0.2) is 0 Å². The van der Waals surface area contributed by atoms with E-state index in [1.165, 1.54) is 0 Å². The van der Waals surface area contributed by atoms with Crippen molar-refractivity contribution in [2.75, 3.05) is 5.75 Å². The van der Waals surface area contributed by atoms with Crippen LogP contribution in [0.15, 0.2) is 0 Å². The van der Waals surface area contributed by atoms with E-state index in [9.17, 15) is 4.21 Å². The average molecular weight is 123 g/mol. The molecule has 6 heavy (non-hydrogen) atoms. The fourth-order valence-electron chi connectivity index (χ4n) is 0.101. The number of hydrogen-bond acceptors (Lipinski definition) is 3. The fraction of sp³-hybridized carbons (Fsp3) is 1.00. The molecule has 2 nitrogen and oxygen atoms in total. The van der Waals surface area contributed by atoms with Gasteiger partial charge in [0.05, 0.1) is 0 Å². The fourth-order valence-corrected chi connectivity index (χ4v) is 0.907. The SMILES string of the molecule is CCSS(#N)=O. The molecule has 0 aromatic carbocycles. The molecule has 0 unspecified atom stereocenters. The molecule has 0 aromatic rings. The maximum atomic E-state index is 9.67. The molecule has 0 saturated carbocycles. The number of nitrogens with zero attached hydrogens (tertiary/aromatic N) is 1. The molecule has 0 aliphatic rings. The van der Waals surface area contributed by atoms with Gasteiger partial charge < -0.3 is 0 Å². The quantitative estimate of drug-likeness (QED) is 0.486. The Morgan fingerprint density at radius 2 is 2.50 bits per heavy atom. The van der Waals surface area contributed by atoms with E-state index in [0.717, 1.165) is 10.8 Å². The second-order valence-electron chi connectivity index (χ2n) is 0.624.